The number of hydrogen-bond acceptors (Lipinski definition) is 4. The Hall–Kier alpha value is -2.80. The molecule has 2 aromatic rings. The maximum absolute atomic E-state index is 8.71. The summed E-state index contributed by atoms with van der Waals surface area (Å²) in [6.45, 7) is 2.98. The van der Waals surface area contributed by atoms with Crippen LogP contribution in [0.3, 0.4) is 0 Å². The largest absolute Gasteiger partial charge is 0.494 e. The Labute approximate surface area is 124 Å². The van der Waals surface area contributed by atoms with Gasteiger partial charge in [0.25, 0.3) is 0 Å². The lowest BCUT2D eigenvalue weighted by Gasteiger charge is -2.02. The zero-order valence-corrected chi connectivity index (χ0v) is 11.8. The maximum Gasteiger partial charge on any atom is 0.142 e. The summed E-state index contributed by atoms with van der Waals surface area (Å²) < 4.78 is 5.36. The second kappa shape index (κ2) is 7.71. The molecule has 0 bridgehead atoms. The van der Waals surface area contributed by atoms with Crippen LogP contribution in [0.15, 0.2) is 53.7 Å². The van der Waals surface area contributed by atoms with E-state index in [1.54, 1.807) is 18.3 Å². The van der Waals surface area contributed by atoms with Crippen LogP contribution in [0.1, 0.15) is 23.6 Å². The van der Waals surface area contributed by atoms with Gasteiger partial charge in [-0.3, -0.25) is 0 Å². The highest BCUT2D eigenvalue weighted by Gasteiger charge is 1.94. The molecule has 0 saturated carbocycles. The van der Waals surface area contributed by atoms with Gasteiger partial charge in [-0.25, -0.2) is 0 Å². The number of nitrogens with zero attached hydrogens (tertiary/aromatic N) is 2. The van der Waals surface area contributed by atoms with Gasteiger partial charge >= 0.3 is 0 Å². The number of benzene rings is 2. The molecule has 0 aliphatic rings. The Morgan fingerprint density at radius 3 is 2.43 bits per heavy atom. The minimum Gasteiger partial charge on any atom is -0.494 e. The molecule has 0 aliphatic heterocycles. The highest BCUT2D eigenvalue weighted by molar-refractivity contribution is 5.79. The molecule has 0 amide bonds. The quantitative estimate of drug-likeness (QED) is 0.601. The Morgan fingerprint density at radius 2 is 1.81 bits per heavy atom. The molecule has 0 atom stereocenters. The van der Waals surface area contributed by atoms with Gasteiger partial charge in [0, 0.05) is 0 Å². The first kappa shape index (κ1) is 14.6. The van der Waals surface area contributed by atoms with E-state index in [-0.39, 0.29) is 0 Å². The van der Waals surface area contributed by atoms with Gasteiger partial charge in [0.2, 0.25) is 0 Å². The van der Waals surface area contributed by atoms with E-state index in [1.165, 1.54) is 0 Å². The van der Waals surface area contributed by atoms with Gasteiger partial charge in [-0.15, -0.1) is 0 Å². The second-order valence-electron chi connectivity index (χ2n) is 4.32. The minimum absolute atomic E-state index is 0.374. The number of nitriles is 1. The third-order valence-electron chi connectivity index (χ3n) is 2.78. The smallest absolute Gasteiger partial charge is 0.142 e. The molecule has 4 nitrogen and oxygen atoms in total. The van der Waals surface area contributed by atoms with Crippen molar-refractivity contribution in [3.05, 3.63) is 65.2 Å². The molecule has 106 valence electrons. The molecule has 0 saturated heterocycles. The molecule has 0 spiro atoms. The van der Waals surface area contributed by atoms with Gasteiger partial charge in [0.05, 0.1) is 24.5 Å². The van der Waals surface area contributed by atoms with Crippen LogP contribution < -0.4 is 4.74 Å². The summed E-state index contributed by atoms with van der Waals surface area (Å²) in [7, 11) is 0. The summed E-state index contributed by atoms with van der Waals surface area (Å²) >= 11 is 0. The summed E-state index contributed by atoms with van der Waals surface area (Å²) in [6, 6.07) is 16.9. The van der Waals surface area contributed by atoms with Crippen LogP contribution in [0.2, 0.25) is 0 Å². The summed E-state index contributed by atoms with van der Waals surface area (Å²) in [5.74, 6) is 0.841. The standard InChI is InChI=1S/C17H16N2O2/c1-2-20-17-9-7-15(8-10-17)12-19-21-13-16-5-3-14(11-18)4-6-16/h3-10,12H,2,13H2,1H3/b19-12-. The highest BCUT2D eigenvalue weighted by atomic mass is 16.6. The van der Waals surface area contributed by atoms with Gasteiger partial charge in [-0.05, 0) is 54.4 Å². The molecule has 0 fully saturated rings. The van der Waals surface area contributed by atoms with E-state index >= 15 is 0 Å². The molecule has 2 rings (SSSR count). The SMILES string of the molecule is CCOc1ccc(/C=N\OCc2ccc(C#N)cc2)cc1. The van der Waals surface area contributed by atoms with Crippen molar-refractivity contribution in [2.45, 2.75) is 13.5 Å². The molecule has 21 heavy (non-hydrogen) atoms. The average molecular weight is 280 g/mol. The molecular weight excluding hydrogens is 264 g/mol. The number of hydrogen-bond donors (Lipinski definition) is 0. The Kier molecular flexibility index (Phi) is 5.36. The van der Waals surface area contributed by atoms with Gasteiger partial charge < -0.3 is 9.57 Å². The molecule has 4 heteroatoms. The first-order valence-corrected chi connectivity index (χ1v) is 6.69. The summed E-state index contributed by atoms with van der Waals surface area (Å²) in [4.78, 5) is 5.23. The van der Waals surface area contributed by atoms with Crippen LogP contribution in [-0.2, 0) is 11.4 Å². The zero-order chi connectivity index (χ0) is 14.9. The predicted octanol–water partition coefficient (Wildman–Crippen LogP) is 3.51. The van der Waals surface area contributed by atoms with Gasteiger partial charge in [0.1, 0.15) is 12.4 Å². The first-order chi connectivity index (χ1) is 10.3. The molecule has 2 aromatic carbocycles. The molecular formula is C17H16N2O2. The lowest BCUT2D eigenvalue weighted by atomic mass is 10.2. The third kappa shape index (κ3) is 4.66. The van der Waals surface area contributed by atoms with E-state index in [2.05, 4.69) is 11.2 Å². The van der Waals surface area contributed by atoms with Crippen molar-refractivity contribution in [2.24, 2.45) is 5.16 Å². The van der Waals surface area contributed by atoms with Gasteiger partial charge in [-0.1, -0.05) is 17.3 Å². The molecule has 0 radical (unpaired) electrons. The fourth-order valence-electron chi connectivity index (χ4n) is 1.70. The van der Waals surface area contributed by atoms with Crippen molar-refractivity contribution < 1.29 is 9.57 Å². The molecule has 0 N–H and O–H groups in total. The second-order valence-corrected chi connectivity index (χ2v) is 4.32. The Bertz CT molecular complexity index is 625. The van der Waals surface area contributed by atoms with Crippen molar-refractivity contribution in [1.82, 2.24) is 0 Å². The molecule has 0 aliphatic carbocycles. The van der Waals surface area contributed by atoms with Crippen LogP contribution in [-0.4, -0.2) is 12.8 Å². The minimum atomic E-state index is 0.374. The maximum atomic E-state index is 8.71. The summed E-state index contributed by atoms with van der Waals surface area (Å²) in [5, 5.41) is 12.6. The van der Waals surface area contributed by atoms with E-state index in [4.69, 9.17) is 14.8 Å². The van der Waals surface area contributed by atoms with E-state index in [0.717, 1.165) is 16.9 Å². The van der Waals surface area contributed by atoms with Gasteiger partial charge in [0.15, 0.2) is 0 Å². The topological polar surface area (TPSA) is 54.6 Å². The van der Waals surface area contributed by atoms with Crippen LogP contribution in [0.4, 0.5) is 0 Å². The highest BCUT2D eigenvalue weighted by Crippen LogP contribution is 2.11. The fraction of sp³-hybridized carbons (Fsp3) is 0.176. The average Bonchev–Trinajstić information content (AvgIpc) is 2.54. The van der Waals surface area contributed by atoms with Crippen molar-refractivity contribution >= 4 is 6.21 Å². The lowest BCUT2D eigenvalue weighted by molar-refractivity contribution is 0.132. The third-order valence-corrected chi connectivity index (χ3v) is 2.78. The van der Waals surface area contributed by atoms with E-state index in [9.17, 15) is 0 Å². The van der Waals surface area contributed by atoms with Crippen LogP contribution >= 0.6 is 0 Å². The van der Waals surface area contributed by atoms with Crippen molar-refractivity contribution in [3.8, 4) is 11.8 Å². The normalized spacial score (nSPS) is 10.3. The van der Waals surface area contributed by atoms with E-state index in [1.807, 2.05) is 43.3 Å². The van der Waals surface area contributed by atoms with Crippen molar-refractivity contribution in [2.75, 3.05) is 6.61 Å². The number of rotatable bonds is 6. The number of ether oxygens (including phenoxy) is 1. The monoisotopic (exact) mass is 280 g/mol. The van der Waals surface area contributed by atoms with E-state index < -0.39 is 0 Å². The van der Waals surface area contributed by atoms with Crippen LogP contribution in [0.25, 0.3) is 0 Å². The molecule has 0 heterocycles. The number of oxime groups is 1. The Morgan fingerprint density at radius 1 is 1.10 bits per heavy atom. The van der Waals surface area contributed by atoms with Crippen molar-refractivity contribution in [3.63, 3.8) is 0 Å². The first-order valence-electron chi connectivity index (χ1n) is 6.69. The Balaban J connectivity index is 1.83. The zero-order valence-electron chi connectivity index (χ0n) is 11.8. The summed E-state index contributed by atoms with van der Waals surface area (Å²) in [5.41, 5.74) is 2.55. The molecule has 0 unspecified atom stereocenters. The van der Waals surface area contributed by atoms with Crippen LogP contribution in [0, 0.1) is 11.3 Å². The fourth-order valence-corrected chi connectivity index (χ4v) is 1.70. The van der Waals surface area contributed by atoms with Crippen LogP contribution in [0.5, 0.6) is 5.75 Å². The van der Waals surface area contributed by atoms with Gasteiger partial charge in [-0.2, -0.15) is 5.26 Å². The summed E-state index contributed by atoms with van der Waals surface area (Å²) in [6.07, 6.45) is 1.65. The molecule has 0 aromatic heterocycles. The van der Waals surface area contributed by atoms with Crippen molar-refractivity contribution in [1.29, 1.82) is 5.26 Å². The van der Waals surface area contributed by atoms with E-state index in [0.29, 0.717) is 18.8 Å². The predicted molar refractivity (Wildman–Crippen MR) is 81.2 cm³/mol. The lowest BCUT2D eigenvalue weighted by Crippen LogP contribution is -1.92.